The number of hydrogen-bond donors (Lipinski definition) is 3. The lowest BCUT2D eigenvalue weighted by Gasteiger charge is -2.10. The minimum atomic E-state index is -0.614. The van der Waals surface area contributed by atoms with Crippen LogP contribution in [0.1, 0.15) is 22.3 Å². The summed E-state index contributed by atoms with van der Waals surface area (Å²) in [5.41, 5.74) is 0.415. The molecule has 6 nitrogen and oxygen atoms in total. The van der Waals surface area contributed by atoms with Gasteiger partial charge in [-0.1, -0.05) is 6.07 Å². The number of benzene rings is 2. The van der Waals surface area contributed by atoms with E-state index in [-0.39, 0.29) is 36.5 Å². The molecule has 0 spiro atoms. The minimum Gasteiger partial charge on any atom is -0.382 e. The minimum absolute atomic E-state index is 0.0437. The Morgan fingerprint density at radius 2 is 1.86 bits per heavy atom. The average Bonchev–Trinajstić information content (AvgIpc) is 2.67. The maximum absolute atomic E-state index is 13.5. The first-order chi connectivity index (χ1) is 13.4. The fraction of sp³-hybridized carbons (Fsp3) is 0.211. The van der Waals surface area contributed by atoms with Crippen molar-refractivity contribution in [3.05, 3.63) is 63.6 Å². The number of hydrogen-bond acceptors (Lipinski definition) is 4. The van der Waals surface area contributed by atoms with Crippen molar-refractivity contribution < 1.29 is 18.4 Å². The van der Waals surface area contributed by atoms with E-state index in [9.17, 15) is 18.4 Å². The van der Waals surface area contributed by atoms with E-state index < -0.39 is 17.5 Å². The Balaban J connectivity index is 1.69. The molecule has 2 aromatic carbocycles. The van der Waals surface area contributed by atoms with Gasteiger partial charge in [0.15, 0.2) is 0 Å². The van der Waals surface area contributed by atoms with E-state index in [0.29, 0.717) is 16.7 Å². The molecule has 0 heterocycles. The smallest absolute Gasteiger partial charge is 0.252 e. The Kier molecular flexibility index (Phi) is 7.89. The van der Waals surface area contributed by atoms with Crippen molar-refractivity contribution in [1.29, 1.82) is 5.26 Å². The maximum atomic E-state index is 13.5. The third kappa shape index (κ3) is 6.03. The SMILES string of the molecule is N#Cc1c(F)cccc1NCCNC(=O)CCNC(=O)c1cc(F)ccc1Br. The highest BCUT2D eigenvalue weighted by molar-refractivity contribution is 9.10. The fourth-order valence-corrected chi connectivity index (χ4v) is 2.76. The molecule has 0 saturated heterocycles. The van der Waals surface area contributed by atoms with Crippen LogP contribution in [0.5, 0.6) is 0 Å². The third-order valence-corrected chi connectivity index (χ3v) is 4.39. The summed E-state index contributed by atoms with van der Waals surface area (Å²) in [4.78, 5) is 23.8. The molecule has 0 fully saturated rings. The third-order valence-electron chi connectivity index (χ3n) is 3.70. The lowest BCUT2D eigenvalue weighted by Crippen LogP contribution is -2.33. The summed E-state index contributed by atoms with van der Waals surface area (Å²) >= 11 is 3.17. The molecule has 2 rings (SSSR count). The van der Waals surface area contributed by atoms with Gasteiger partial charge in [-0.25, -0.2) is 8.78 Å². The maximum Gasteiger partial charge on any atom is 0.252 e. The van der Waals surface area contributed by atoms with Crippen LogP contribution in [-0.2, 0) is 4.79 Å². The number of carbonyl (C=O) groups is 2. The van der Waals surface area contributed by atoms with E-state index >= 15 is 0 Å². The first kappa shape index (κ1) is 21.3. The zero-order valence-corrected chi connectivity index (χ0v) is 16.3. The highest BCUT2D eigenvalue weighted by Crippen LogP contribution is 2.18. The molecular weight excluding hydrogens is 434 g/mol. The lowest BCUT2D eigenvalue weighted by molar-refractivity contribution is -0.120. The van der Waals surface area contributed by atoms with Crippen LogP contribution >= 0.6 is 15.9 Å². The van der Waals surface area contributed by atoms with Gasteiger partial charge >= 0.3 is 0 Å². The Morgan fingerprint density at radius 3 is 2.61 bits per heavy atom. The summed E-state index contributed by atoms with van der Waals surface area (Å²) in [5.74, 6) is -1.93. The normalized spacial score (nSPS) is 10.1. The van der Waals surface area contributed by atoms with E-state index in [2.05, 4.69) is 31.9 Å². The van der Waals surface area contributed by atoms with Crippen LogP contribution < -0.4 is 16.0 Å². The van der Waals surface area contributed by atoms with Crippen molar-refractivity contribution in [3.63, 3.8) is 0 Å². The summed E-state index contributed by atoms with van der Waals surface area (Å²) in [6.45, 7) is 0.638. The van der Waals surface area contributed by atoms with E-state index in [1.807, 2.05) is 0 Å². The van der Waals surface area contributed by atoms with Gasteiger partial charge in [0.1, 0.15) is 23.3 Å². The van der Waals surface area contributed by atoms with E-state index in [0.717, 1.165) is 6.07 Å². The molecule has 2 amide bonds. The molecule has 0 atom stereocenters. The number of rotatable bonds is 8. The Labute approximate surface area is 169 Å². The standard InChI is InChI=1S/C19H17BrF2N4O2/c20-15-5-4-12(21)10-13(15)19(28)26-7-6-18(27)25-9-8-24-17-3-1-2-16(22)14(17)11-23/h1-5,10,24H,6-9H2,(H,25,27)(H,26,28). The lowest BCUT2D eigenvalue weighted by atomic mass is 10.2. The molecular formula is C19H17BrF2N4O2. The molecule has 3 N–H and O–H groups in total. The first-order valence-corrected chi connectivity index (χ1v) is 9.14. The topological polar surface area (TPSA) is 94.0 Å². The molecule has 0 unspecified atom stereocenters. The summed E-state index contributed by atoms with van der Waals surface area (Å²) in [6.07, 6.45) is 0.0437. The Hall–Kier alpha value is -2.99. The second-order valence-corrected chi connectivity index (χ2v) is 6.54. The highest BCUT2D eigenvalue weighted by atomic mass is 79.9. The quantitative estimate of drug-likeness (QED) is 0.538. The number of anilines is 1. The summed E-state index contributed by atoms with van der Waals surface area (Å²) < 4.78 is 27.1. The summed E-state index contributed by atoms with van der Waals surface area (Å²) in [6, 6.07) is 9.80. The first-order valence-electron chi connectivity index (χ1n) is 8.35. The van der Waals surface area contributed by atoms with Gasteiger partial charge in [-0.15, -0.1) is 0 Å². The van der Waals surface area contributed by atoms with Crippen molar-refractivity contribution in [2.75, 3.05) is 25.0 Å². The molecule has 2 aromatic rings. The number of amides is 2. The molecule has 0 saturated carbocycles. The molecule has 0 radical (unpaired) electrons. The largest absolute Gasteiger partial charge is 0.382 e. The van der Waals surface area contributed by atoms with Crippen molar-refractivity contribution in [3.8, 4) is 6.07 Å². The zero-order chi connectivity index (χ0) is 20.5. The van der Waals surface area contributed by atoms with Crippen molar-refractivity contribution in [1.82, 2.24) is 10.6 Å². The average molecular weight is 451 g/mol. The predicted molar refractivity (Wildman–Crippen MR) is 104 cm³/mol. The number of carbonyl (C=O) groups excluding carboxylic acids is 2. The molecule has 0 aromatic heterocycles. The number of nitrogens with zero attached hydrogens (tertiary/aromatic N) is 1. The van der Waals surface area contributed by atoms with E-state index in [4.69, 9.17) is 5.26 Å². The van der Waals surface area contributed by atoms with Crippen LogP contribution in [0.3, 0.4) is 0 Å². The second kappa shape index (κ2) is 10.4. The van der Waals surface area contributed by atoms with Crippen LogP contribution in [0.4, 0.5) is 14.5 Å². The van der Waals surface area contributed by atoms with Crippen LogP contribution in [0, 0.1) is 23.0 Å². The molecule has 28 heavy (non-hydrogen) atoms. The van der Waals surface area contributed by atoms with Gasteiger partial charge in [-0.05, 0) is 46.3 Å². The van der Waals surface area contributed by atoms with E-state index in [1.54, 1.807) is 12.1 Å². The number of halogens is 3. The monoisotopic (exact) mass is 450 g/mol. The molecule has 9 heteroatoms. The van der Waals surface area contributed by atoms with Crippen LogP contribution in [0.2, 0.25) is 0 Å². The van der Waals surface area contributed by atoms with Gasteiger partial charge in [-0.3, -0.25) is 9.59 Å². The van der Waals surface area contributed by atoms with Crippen LogP contribution in [0.15, 0.2) is 40.9 Å². The van der Waals surface area contributed by atoms with Crippen LogP contribution in [0.25, 0.3) is 0 Å². The number of nitrogens with one attached hydrogen (secondary N) is 3. The van der Waals surface area contributed by atoms with Crippen LogP contribution in [-0.4, -0.2) is 31.4 Å². The fourth-order valence-electron chi connectivity index (χ4n) is 2.33. The summed E-state index contributed by atoms with van der Waals surface area (Å²) in [7, 11) is 0. The van der Waals surface area contributed by atoms with Gasteiger partial charge < -0.3 is 16.0 Å². The number of nitriles is 1. The zero-order valence-electron chi connectivity index (χ0n) is 14.7. The van der Waals surface area contributed by atoms with Crippen molar-refractivity contribution in [2.24, 2.45) is 0 Å². The molecule has 146 valence electrons. The second-order valence-electron chi connectivity index (χ2n) is 5.68. The molecule has 0 bridgehead atoms. The Morgan fingerprint density at radius 1 is 1.07 bits per heavy atom. The highest BCUT2D eigenvalue weighted by Gasteiger charge is 2.11. The predicted octanol–water partition coefficient (Wildman–Crippen LogP) is 2.95. The molecule has 0 aliphatic heterocycles. The van der Waals surface area contributed by atoms with Crippen molar-refractivity contribution >= 4 is 33.4 Å². The van der Waals surface area contributed by atoms with Gasteiger partial charge in [0, 0.05) is 30.5 Å². The Bertz CT molecular complexity index is 915. The molecule has 0 aliphatic carbocycles. The van der Waals surface area contributed by atoms with Gasteiger partial charge in [0.2, 0.25) is 5.91 Å². The van der Waals surface area contributed by atoms with Gasteiger partial charge in [0.25, 0.3) is 5.91 Å². The van der Waals surface area contributed by atoms with E-state index in [1.165, 1.54) is 24.3 Å². The van der Waals surface area contributed by atoms with Crippen molar-refractivity contribution in [2.45, 2.75) is 6.42 Å². The molecule has 0 aliphatic rings. The van der Waals surface area contributed by atoms with Gasteiger partial charge in [-0.2, -0.15) is 5.26 Å². The summed E-state index contributed by atoms with van der Waals surface area (Å²) in [5, 5.41) is 17.0. The van der Waals surface area contributed by atoms with Gasteiger partial charge in [0.05, 0.1) is 11.3 Å².